The van der Waals surface area contributed by atoms with Crippen LogP contribution in [0.25, 0.3) is 0 Å². The molecule has 0 heterocycles. The molecule has 0 atom stereocenters. The van der Waals surface area contributed by atoms with Crippen LogP contribution >= 0.6 is 0 Å². The number of rotatable bonds is 26. The summed E-state index contributed by atoms with van der Waals surface area (Å²) in [6, 6.07) is 0. The van der Waals surface area contributed by atoms with Gasteiger partial charge in [-0.05, 0) is 38.5 Å². The molecule has 0 saturated heterocycles. The highest BCUT2D eigenvalue weighted by atomic mass is 16.4. The molecule has 0 bridgehead atoms. The van der Waals surface area contributed by atoms with Gasteiger partial charge in [-0.2, -0.15) is 0 Å². The van der Waals surface area contributed by atoms with Crippen LogP contribution in [0.5, 0.6) is 0 Å². The van der Waals surface area contributed by atoms with E-state index < -0.39 is 5.97 Å². The van der Waals surface area contributed by atoms with Gasteiger partial charge >= 0.3 is 5.97 Å². The first-order valence-corrected chi connectivity index (χ1v) is 14.3. The second-order valence-electron chi connectivity index (χ2n) is 9.62. The molecule has 2 nitrogen and oxygen atoms in total. The van der Waals surface area contributed by atoms with Crippen LogP contribution in [-0.4, -0.2) is 11.1 Å². The van der Waals surface area contributed by atoms with Crippen LogP contribution in [-0.2, 0) is 4.79 Å². The fraction of sp³-hybridized carbons (Fsp3) is 0.833. The van der Waals surface area contributed by atoms with E-state index in [1.807, 2.05) is 0 Å². The van der Waals surface area contributed by atoms with E-state index in [0.717, 1.165) is 19.3 Å². The summed E-state index contributed by atoms with van der Waals surface area (Å²) in [6.07, 6.45) is 40.0. The summed E-state index contributed by atoms with van der Waals surface area (Å²) < 4.78 is 0. The quantitative estimate of drug-likeness (QED) is 0.105. The lowest BCUT2D eigenvalue weighted by molar-refractivity contribution is -0.137. The van der Waals surface area contributed by atoms with Crippen molar-refractivity contribution in [1.29, 1.82) is 0 Å². The summed E-state index contributed by atoms with van der Waals surface area (Å²) in [6.45, 7) is 2.27. The lowest BCUT2D eigenvalue weighted by atomic mass is 10.0. The molecule has 0 saturated carbocycles. The fourth-order valence-electron chi connectivity index (χ4n) is 4.21. The van der Waals surface area contributed by atoms with E-state index in [4.69, 9.17) is 5.11 Å². The number of carbonyl (C=O) groups is 1. The Kier molecular flexibility index (Phi) is 27.1. The topological polar surface area (TPSA) is 37.3 Å². The van der Waals surface area contributed by atoms with Gasteiger partial charge in [0.25, 0.3) is 0 Å². The normalized spacial score (nSPS) is 11.8. The lowest BCUT2D eigenvalue weighted by Crippen LogP contribution is -1.93. The van der Waals surface area contributed by atoms with E-state index in [9.17, 15) is 4.79 Å². The van der Waals surface area contributed by atoms with Gasteiger partial charge in [0.1, 0.15) is 0 Å². The maximum absolute atomic E-state index is 10.4. The Morgan fingerprint density at radius 3 is 1.22 bits per heavy atom. The maximum atomic E-state index is 10.4. The average molecular weight is 449 g/mol. The zero-order valence-corrected chi connectivity index (χ0v) is 21.6. The molecule has 0 aliphatic heterocycles. The van der Waals surface area contributed by atoms with Crippen LogP contribution in [0.1, 0.15) is 161 Å². The van der Waals surface area contributed by atoms with Crippen LogP contribution in [0.15, 0.2) is 24.3 Å². The number of carboxylic acids is 1. The number of carboxylic acid groups (broad SMARTS) is 1. The van der Waals surface area contributed by atoms with E-state index in [1.165, 1.54) is 128 Å². The van der Waals surface area contributed by atoms with Crippen molar-refractivity contribution in [2.75, 3.05) is 0 Å². The largest absolute Gasteiger partial charge is 0.481 e. The third kappa shape index (κ3) is 28.9. The molecule has 0 unspecified atom stereocenters. The average Bonchev–Trinajstić information content (AvgIpc) is 2.78. The molecule has 32 heavy (non-hydrogen) atoms. The van der Waals surface area contributed by atoms with Crippen molar-refractivity contribution in [3.63, 3.8) is 0 Å². The minimum atomic E-state index is -0.653. The summed E-state index contributed by atoms with van der Waals surface area (Å²) in [5, 5.41) is 8.60. The van der Waals surface area contributed by atoms with Gasteiger partial charge in [-0.1, -0.05) is 140 Å². The summed E-state index contributed by atoms with van der Waals surface area (Å²) in [5.41, 5.74) is 0. The highest BCUT2D eigenvalue weighted by Gasteiger charge is 1.97. The van der Waals surface area contributed by atoms with Crippen LogP contribution in [0, 0.1) is 0 Å². The Labute approximate surface area is 201 Å². The van der Waals surface area contributed by atoms with Crippen molar-refractivity contribution in [2.45, 2.75) is 161 Å². The Bertz CT molecular complexity index is 425. The first-order valence-electron chi connectivity index (χ1n) is 14.3. The van der Waals surface area contributed by atoms with Gasteiger partial charge in [-0.25, -0.2) is 0 Å². The molecule has 188 valence electrons. The summed E-state index contributed by atoms with van der Waals surface area (Å²) in [5.74, 6) is -0.653. The van der Waals surface area contributed by atoms with Gasteiger partial charge < -0.3 is 5.11 Å². The minimum absolute atomic E-state index is 0.342. The summed E-state index contributed by atoms with van der Waals surface area (Å²) in [7, 11) is 0. The van der Waals surface area contributed by atoms with Crippen molar-refractivity contribution in [3.8, 4) is 0 Å². The van der Waals surface area contributed by atoms with Gasteiger partial charge in [0, 0.05) is 6.42 Å². The molecule has 0 aliphatic carbocycles. The molecule has 0 aromatic rings. The SMILES string of the molecule is CCCCCCCC=CCC=CCCCCCCCCCCCCCCCCCC(=O)O. The predicted octanol–water partition coefficient (Wildman–Crippen LogP) is 10.6. The number of allylic oxidation sites excluding steroid dienone is 4. The van der Waals surface area contributed by atoms with Crippen LogP contribution in [0.2, 0.25) is 0 Å². The van der Waals surface area contributed by atoms with E-state index in [0.29, 0.717) is 6.42 Å². The Morgan fingerprint density at radius 2 is 0.844 bits per heavy atom. The van der Waals surface area contributed by atoms with Gasteiger partial charge in [0.2, 0.25) is 0 Å². The first kappa shape index (κ1) is 30.9. The van der Waals surface area contributed by atoms with Crippen LogP contribution in [0.4, 0.5) is 0 Å². The number of aliphatic carboxylic acids is 1. The molecule has 2 heteroatoms. The molecule has 0 aliphatic rings. The Balaban J connectivity index is 3.13. The molecular weight excluding hydrogens is 392 g/mol. The molecule has 0 fully saturated rings. The van der Waals surface area contributed by atoms with Crippen molar-refractivity contribution in [1.82, 2.24) is 0 Å². The monoisotopic (exact) mass is 448 g/mol. The fourth-order valence-corrected chi connectivity index (χ4v) is 4.21. The zero-order chi connectivity index (χ0) is 23.4. The smallest absolute Gasteiger partial charge is 0.303 e. The predicted molar refractivity (Wildman–Crippen MR) is 142 cm³/mol. The van der Waals surface area contributed by atoms with Crippen LogP contribution < -0.4 is 0 Å². The summed E-state index contributed by atoms with van der Waals surface area (Å²) >= 11 is 0. The summed E-state index contributed by atoms with van der Waals surface area (Å²) in [4.78, 5) is 10.4. The molecular formula is C30H56O2. The zero-order valence-electron chi connectivity index (χ0n) is 21.6. The van der Waals surface area contributed by atoms with Crippen LogP contribution in [0.3, 0.4) is 0 Å². The Morgan fingerprint density at radius 1 is 0.500 bits per heavy atom. The maximum Gasteiger partial charge on any atom is 0.303 e. The molecule has 0 aromatic carbocycles. The van der Waals surface area contributed by atoms with Gasteiger partial charge in [-0.15, -0.1) is 0 Å². The number of unbranched alkanes of at least 4 members (excludes halogenated alkanes) is 20. The van der Waals surface area contributed by atoms with Gasteiger partial charge in [0.15, 0.2) is 0 Å². The number of hydrogen-bond donors (Lipinski definition) is 1. The molecule has 0 rings (SSSR count). The molecule has 0 spiro atoms. The van der Waals surface area contributed by atoms with Gasteiger partial charge in [0.05, 0.1) is 0 Å². The van der Waals surface area contributed by atoms with Crippen molar-refractivity contribution in [2.24, 2.45) is 0 Å². The van der Waals surface area contributed by atoms with E-state index in [1.54, 1.807) is 0 Å². The van der Waals surface area contributed by atoms with E-state index in [2.05, 4.69) is 31.2 Å². The van der Waals surface area contributed by atoms with Crippen molar-refractivity contribution in [3.05, 3.63) is 24.3 Å². The standard InChI is InChI=1S/C30H56O2/c1-2-3-4-5-6-7-8-9-10-11-12-13-14-15-16-17-18-19-20-21-22-23-24-25-26-27-28-29-30(31)32/h8-9,11-12H,2-7,10,13-29H2,1H3,(H,31,32). The minimum Gasteiger partial charge on any atom is -0.481 e. The molecule has 0 radical (unpaired) electrons. The molecule has 0 aromatic heterocycles. The van der Waals surface area contributed by atoms with Crippen molar-refractivity contribution < 1.29 is 9.90 Å². The Hall–Kier alpha value is -1.05. The third-order valence-corrected chi connectivity index (χ3v) is 6.34. The van der Waals surface area contributed by atoms with Crippen molar-refractivity contribution >= 4 is 5.97 Å². The van der Waals surface area contributed by atoms with E-state index in [-0.39, 0.29) is 0 Å². The highest BCUT2D eigenvalue weighted by Crippen LogP contribution is 2.14. The lowest BCUT2D eigenvalue weighted by Gasteiger charge is -2.03. The van der Waals surface area contributed by atoms with E-state index >= 15 is 0 Å². The molecule has 0 amide bonds. The molecule has 1 N–H and O–H groups in total. The second kappa shape index (κ2) is 28.0. The first-order chi connectivity index (χ1) is 15.8. The highest BCUT2D eigenvalue weighted by molar-refractivity contribution is 5.66. The van der Waals surface area contributed by atoms with Gasteiger partial charge in [-0.3, -0.25) is 4.79 Å². The third-order valence-electron chi connectivity index (χ3n) is 6.34. The second-order valence-corrected chi connectivity index (χ2v) is 9.62. The number of hydrogen-bond acceptors (Lipinski definition) is 1.